The zero-order valence-corrected chi connectivity index (χ0v) is 16.3. The maximum atomic E-state index is 13.1. The fourth-order valence-corrected chi connectivity index (χ4v) is 2.54. The molecular weight excluding hydrogens is 324 g/mol. The second kappa shape index (κ2) is 9.97. The lowest BCUT2D eigenvalue weighted by molar-refractivity contribution is 0.0731. The summed E-state index contributed by atoms with van der Waals surface area (Å²) in [7, 11) is 4.04. The van der Waals surface area contributed by atoms with Crippen molar-refractivity contribution in [2.24, 2.45) is 5.92 Å². The van der Waals surface area contributed by atoms with Crippen molar-refractivity contribution >= 4 is 5.91 Å². The first-order valence-corrected chi connectivity index (χ1v) is 9.16. The van der Waals surface area contributed by atoms with E-state index in [2.05, 4.69) is 30.9 Å². The van der Waals surface area contributed by atoms with Crippen LogP contribution in [0.4, 0.5) is 0 Å². The zero-order valence-electron chi connectivity index (χ0n) is 16.3. The predicted molar refractivity (Wildman–Crippen MR) is 107 cm³/mol. The van der Waals surface area contributed by atoms with Gasteiger partial charge in [0.15, 0.2) is 0 Å². The van der Waals surface area contributed by atoms with Gasteiger partial charge in [0.2, 0.25) is 0 Å². The summed E-state index contributed by atoms with van der Waals surface area (Å²) in [6.07, 6.45) is 0. The second-order valence-corrected chi connectivity index (χ2v) is 7.25. The van der Waals surface area contributed by atoms with E-state index in [0.717, 1.165) is 17.9 Å². The Morgan fingerprint density at radius 3 is 2.38 bits per heavy atom. The van der Waals surface area contributed by atoms with Crippen LogP contribution in [-0.2, 0) is 6.54 Å². The molecule has 0 saturated heterocycles. The highest BCUT2D eigenvalue weighted by molar-refractivity contribution is 5.94. The average molecular weight is 354 g/mol. The van der Waals surface area contributed by atoms with Gasteiger partial charge in [0.25, 0.3) is 5.91 Å². The van der Waals surface area contributed by atoms with Crippen molar-refractivity contribution in [3.8, 4) is 5.75 Å². The van der Waals surface area contributed by atoms with Crippen molar-refractivity contribution in [1.82, 2.24) is 9.80 Å². The third-order valence-electron chi connectivity index (χ3n) is 3.98. The number of hydrogen-bond acceptors (Lipinski definition) is 3. The van der Waals surface area contributed by atoms with Gasteiger partial charge >= 0.3 is 0 Å². The monoisotopic (exact) mass is 354 g/mol. The van der Waals surface area contributed by atoms with Gasteiger partial charge in [0.1, 0.15) is 5.75 Å². The lowest BCUT2D eigenvalue weighted by Gasteiger charge is -2.25. The molecule has 0 heterocycles. The molecule has 140 valence electrons. The topological polar surface area (TPSA) is 32.8 Å². The van der Waals surface area contributed by atoms with Crippen LogP contribution in [0.25, 0.3) is 0 Å². The summed E-state index contributed by atoms with van der Waals surface area (Å²) in [5, 5.41) is 0. The number of carbonyl (C=O) groups excluding carboxylic acids is 1. The van der Waals surface area contributed by atoms with Gasteiger partial charge in [0, 0.05) is 25.2 Å². The van der Waals surface area contributed by atoms with E-state index in [4.69, 9.17) is 4.74 Å². The first kappa shape index (κ1) is 20.0. The Balaban J connectivity index is 2.15. The molecule has 26 heavy (non-hydrogen) atoms. The molecule has 0 fully saturated rings. The molecule has 0 saturated carbocycles. The summed E-state index contributed by atoms with van der Waals surface area (Å²) in [5.41, 5.74) is 1.80. The van der Waals surface area contributed by atoms with Gasteiger partial charge in [-0.25, -0.2) is 0 Å². The van der Waals surface area contributed by atoms with E-state index < -0.39 is 0 Å². The molecule has 0 radical (unpaired) electrons. The van der Waals surface area contributed by atoms with Gasteiger partial charge < -0.3 is 14.5 Å². The number of ether oxygens (including phenoxy) is 1. The minimum absolute atomic E-state index is 0.0331. The highest BCUT2D eigenvalue weighted by Gasteiger charge is 2.17. The zero-order chi connectivity index (χ0) is 18.9. The summed E-state index contributed by atoms with van der Waals surface area (Å²) in [4.78, 5) is 17.1. The first-order chi connectivity index (χ1) is 12.5. The van der Waals surface area contributed by atoms with E-state index in [0.29, 0.717) is 31.2 Å². The standard InChI is InChI=1S/C22H30N2O2/c1-18(2)17-26-21-12-8-11-20(15-21)22(25)24(14-13-23(3)4)16-19-9-6-5-7-10-19/h5-12,15,18H,13-14,16-17H2,1-4H3. The minimum atomic E-state index is 0.0331. The van der Waals surface area contributed by atoms with Gasteiger partial charge in [-0.2, -0.15) is 0 Å². The summed E-state index contributed by atoms with van der Waals surface area (Å²) in [5.74, 6) is 1.23. The largest absolute Gasteiger partial charge is 0.493 e. The highest BCUT2D eigenvalue weighted by atomic mass is 16.5. The van der Waals surface area contributed by atoms with E-state index in [1.54, 1.807) is 0 Å². The molecule has 0 bridgehead atoms. The second-order valence-electron chi connectivity index (χ2n) is 7.25. The average Bonchev–Trinajstić information content (AvgIpc) is 2.64. The number of hydrogen-bond donors (Lipinski definition) is 0. The van der Waals surface area contributed by atoms with Crippen molar-refractivity contribution < 1.29 is 9.53 Å². The van der Waals surface area contributed by atoms with E-state index in [1.165, 1.54) is 0 Å². The SMILES string of the molecule is CC(C)COc1cccc(C(=O)N(CCN(C)C)Cc2ccccc2)c1. The van der Waals surface area contributed by atoms with Crippen LogP contribution >= 0.6 is 0 Å². The Morgan fingerprint density at radius 2 is 1.73 bits per heavy atom. The summed E-state index contributed by atoms with van der Waals surface area (Å²) in [6.45, 7) is 6.96. The normalized spacial score (nSPS) is 11.0. The Labute approximate surface area is 157 Å². The Bertz CT molecular complexity index is 684. The van der Waals surface area contributed by atoms with Crippen molar-refractivity contribution in [3.63, 3.8) is 0 Å². The molecule has 4 nitrogen and oxygen atoms in total. The summed E-state index contributed by atoms with van der Waals surface area (Å²) >= 11 is 0. The van der Waals surface area contributed by atoms with Crippen LogP contribution < -0.4 is 4.74 Å². The number of nitrogens with zero attached hydrogens (tertiary/aromatic N) is 2. The van der Waals surface area contributed by atoms with Gasteiger partial charge in [-0.05, 0) is 43.8 Å². The highest BCUT2D eigenvalue weighted by Crippen LogP contribution is 2.17. The minimum Gasteiger partial charge on any atom is -0.493 e. The van der Waals surface area contributed by atoms with Crippen LogP contribution in [0.5, 0.6) is 5.75 Å². The van der Waals surface area contributed by atoms with Crippen molar-refractivity contribution in [1.29, 1.82) is 0 Å². The van der Waals surface area contributed by atoms with E-state index >= 15 is 0 Å². The molecule has 2 aromatic carbocycles. The number of amides is 1. The van der Waals surface area contributed by atoms with Crippen LogP contribution in [0.1, 0.15) is 29.8 Å². The summed E-state index contributed by atoms with van der Waals surface area (Å²) in [6, 6.07) is 17.6. The summed E-state index contributed by atoms with van der Waals surface area (Å²) < 4.78 is 5.78. The molecule has 0 aliphatic rings. The molecule has 2 rings (SSSR count). The van der Waals surface area contributed by atoms with Gasteiger partial charge in [-0.3, -0.25) is 4.79 Å². The quantitative estimate of drug-likeness (QED) is 0.684. The lowest BCUT2D eigenvalue weighted by Crippen LogP contribution is -2.36. The van der Waals surface area contributed by atoms with Crippen LogP contribution in [-0.4, -0.2) is 49.5 Å². The third-order valence-corrected chi connectivity index (χ3v) is 3.98. The van der Waals surface area contributed by atoms with Crippen molar-refractivity contribution in [2.45, 2.75) is 20.4 Å². The third kappa shape index (κ3) is 6.52. The molecule has 0 aromatic heterocycles. The molecule has 0 aliphatic carbocycles. The Morgan fingerprint density at radius 1 is 1.00 bits per heavy atom. The maximum Gasteiger partial charge on any atom is 0.254 e. The Hall–Kier alpha value is -2.33. The number of carbonyl (C=O) groups is 1. The molecule has 0 spiro atoms. The van der Waals surface area contributed by atoms with Gasteiger partial charge in [-0.15, -0.1) is 0 Å². The van der Waals surface area contributed by atoms with Gasteiger partial charge in [0.05, 0.1) is 6.61 Å². The molecule has 0 atom stereocenters. The van der Waals surface area contributed by atoms with E-state index in [1.807, 2.05) is 61.5 Å². The van der Waals surface area contributed by atoms with E-state index in [-0.39, 0.29) is 5.91 Å². The fraction of sp³-hybridized carbons (Fsp3) is 0.409. The van der Waals surface area contributed by atoms with Crippen LogP contribution in [0.2, 0.25) is 0 Å². The maximum absolute atomic E-state index is 13.1. The molecule has 1 amide bonds. The molecule has 0 unspecified atom stereocenters. The number of likely N-dealkylation sites (N-methyl/N-ethyl adjacent to an activating group) is 1. The lowest BCUT2D eigenvalue weighted by atomic mass is 10.1. The molecule has 2 aromatic rings. The van der Waals surface area contributed by atoms with Crippen LogP contribution in [0.3, 0.4) is 0 Å². The molecule has 4 heteroatoms. The van der Waals surface area contributed by atoms with E-state index in [9.17, 15) is 4.79 Å². The van der Waals surface area contributed by atoms with Crippen molar-refractivity contribution in [3.05, 3.63) is 65.7 Å². The molecule has 0 N–H and O–H groups in total. The number of benzene rings is 2. The molecular formula is C22H30N2O2. The van der Waals surface area contributed by atoms with Gasteiger partial charge in [-0.1, -0.05) is 50.2 Å². The number of rotatable bonds is 9. The first-order valence-electron chi connectivity index (χ1n) is 9.16. The Kier molecular flexibility index (Phi) is 7.67. The van der Waals surface area contributed by atoms with Crippen molar-refractivity contribution in [2.75, 3.05) is 33.8 Å². The van der Waals surface area contributed by atoms with Crippen LogP contribution in [0, 0.1) is 5.92 Å². The molecule has 0 aliphatic heterocycles. The van der Waals surface area contributed by atoms with Crippen LogP contribution in [0.15, 0.2) is 54.6 Å². The smallest absolute Gasteiger partial charge is 0.254 e. The fourth-order valence-electron chi connectivity index (χ4n) is 2.54. The predicted octanol–water partition coefficient (Wildman–Crippen LogP) is 3.93.